The molecule has 1 heterocycles. The molecule has 0 atom stereocenters. The van der Waals surface area contributed by atoms with Gasteiger partial charge in [-0.25, -0.2) is 0 Å². The first-order valence-corrected chi connectivity index (χ1v) is 7.07. The molecule has 0 saturated heterocycles. The molecule has 6 heteroatoms. The van der Waals surface area contributed by atoms with Crippen molar-refractivity contribution in [2.75, 3.05) is 14.2 Å². The van der Waals surface area contributed by atoms with Crippen LogP contribution in [-0.4, -0.2) is 24.6 Å². The molecule has 0 amide bonds. The van der Waals surface area contributed by atoms with Gasteiger partial charge in [0.05, 0.1) is 16.1 Å². The molecule has 21 heavy (non-hydrogen) atoms. The number of fused-ring (bicyclic) bond motifs is 1. The number of carbonyl (C=O) groups excluding carboxylic acids is 1. The van der Waals surface area contributed by atoms with E-state index in [4.69, 9.17) is 21.1 Å². The molecular formula is C15H18ClNO4. The maximum atomic E-state index is 12.5. The average Bonchev–Trinajstić information content (AvgIpc) is 2.49. The van der Waals surface area contributed by atoms with E-state index in [1.807, 2.05) is 6.92 Å². The number of nitrogens with zero attached hydrogens (tertiary/aromatic N) is 1. The molecule has 1 aromatic heterocycles. The quantitative estimate of drug-likeness (QED) is 0.800. The first kappa shape index (κ1) is 15.9. The van der Waals surface area contributed by atoms with Crippen LogP contribution < -0.4 is 5.56 Å². The van der Waals surface area contributed by atoms with E-state index in [2.05, 4.69) is 0 Å². The first-order chi connectivity index (χ1) is 9.93. The van der Waals surface area contributed by atoms with E-state index in [9.17, 15) is 9.59 Å². The molecule has 0 aromatic carbocycles. The number of hydrogen-bond donors (Lipinski definition) is 0. The largest absolute Gasteiger partial charge is 0.346 e. The Labute approximate surface area is 128 Å². The van der Waals surface area contributed by atoms with Crippen molar-refractivity contribution in [1.82, 2.24) is 4.57 Å². The van der Waals surface area contributed by atoms with E-state index in [0.717, 1.165) is 6.42 Å². The van der Waals surface area contributed by atoms with E-state index in [1.54, 1.807) is 7.05 Å². The average molecular weight is 312 g/mol. The maximum absolute atomic E-state index is 12.5. The van der Waals surface area contributed by atoms with Crippen molar-refractivity contribution in [2.45, 2.75) is 25.6 Å². The monoisotopic (exact) mass is 311 g/mol. The summed E-state index contributed by atoms with van der Waals surface area (Å²) in [5.74, 6) is -1.70. The number of allylic oxidation sites excluding steroid dienone is 1. The van der Waals surface area contributed by atoms with Crippen LogP contribution in [0.4, 0.5) is 0 Å². The molecule has 0 bridgehead atoms. The predicted octanol–water partition coefficient (Wildman–Crippen LogP) is 2.19. The molecule has 0 fully saturated rings. The van der Waals surface area contributed by atoms with Gasteiger partial charge in [0.2, 0.25) is 5.79 Å². The van der Waals surface area contributed by atoms with Gasteiger partial charge in [-0.05, 0) is 18.6 Å². The molecule has 0 saturated carbocycles. The highest BCUT2D eigenvalue weighted by Gasteiger charge is 2.41. The third-order valence-corrected chi connectivity index (χ3v) is 4.20. The number of methoxy groups -OCH3 is 2. The van der Waals surface area contributed by atoms with Crippen molar-refractivity contribution in [2.24, 2.45) is 7.05 Å². The number of hydrogen-bond acceptors (Lipinski definition) is 4. The van der Waals surface area contributed by atoms with Crippen LogP contribution in [0.2, 0.25) is 5.02 Å². The Bertz CT molecular complexity index is 671. The first-order valence-electron chi connectivity index (χ1n) is 6.69. The Balaban J connectivity index is 2.91. The fraction of sp³-hybridized carbons (Fsp3) is 0.467. The number of rotatable bonds is 4. The predicted molar refractivity (Wildman–Crippen MR) is 79.9 cm³/mol. The summed E-state index contributed by atoms with van der Waals surface area (Å²) in [6.07, 6.45) is 4.22. The van der Waals surface area contributed by atoms with Crippen LogP contribution in [0, 0.1) is 0 Å². The SMILES string of the molecule is CCCc1c(Cl)c2c(c(=O)n1C)C(=O)C=CC2(OC)OC. The third-order valence-electron chi connectivity index (χ3n) is 3.79. The summed E-state index contributed by atoms with van der Waals surface area (Å²) in [5, 5.41) is 0.343. The summed E-state index contributed by atoms with van der Waals surface area (Å²) in [4.78, 5) is 24.7. The lowest BCUT2D eigenvalue weighted by Crippen LogP contribution is -2.40. The number of ketones is 1. The molecule has 2 rings (SSSR count). The van der Waals surface area contributed by atoms with Crippen molar-refractivity contribution in [1.29, 1.82) is 0 Å². The Morgan fingerprint density at radius 3 is 2.43 bits per heavy atom. The van der Waals surface area contributed by atoms with Crippen molar-refractivity contribution in [3.8, 4) is 0 Å². The van der Waals surface area contributed by atoms with E-state index >= 15 is 0 Å². The third kappa shape index (κ3) is 2.25. The van der Waals surface area contributed by atoms with Gasteiger partial charge in [0.15, 0.2) is 5.78 Å². The summed E-state index contributed by atoms with van der Waals surface area (Å²) < 4.78 is 12.3. The molecule has 114 valence electrons. The highest BCUT2D eigenvalue weighted by atomic mass is 35.5. The van der Waals surface area contributed by atoms with Gasteiger partial charge in [0, 0.05) is 27.0 Å². The highest BCUT2D eigenvalue weighted by molar-refractivity contribution is 6.33. The van der Waals surface area contributed by atoms with Gasteiger partial charge < -0.3 is 14.0 Å². The number of aromatic nitrogens is 1. The molecule has 0 radical (unpaired) electrons. The number of halogens is 1. The van der Waals surface area contributed by atoms with Gasteiger partial charge in [-0.2, -0.15) is 0 Å². The van der Waals surface area contributed by atoms with E-state index in [1.165, 1.54) is 30.9 Å². The van der Waals surface area contributed by atoms with Gasteiger partial charge in [0.1, 0.15) is 0 Å². The fourth-order valence-electron chi connectivity index (χ4n) is 2.64. The molecule has 0 aliphatic heterocycles. The second kappa shape index (κ2) is 5.75. The topological polar surface area (TPSA) is 57.5 Å². The summed E-state index contributed by atoms with van der Waals surface area (Å²) in [5.41, 5.74) is 0.594. The fourth-order valence-corrected chi connectivity index (χ4v) is 3.09. The van der Waals surface area contributed by atoms with Crippen LogP contribution in [0.15, 0.2) is 16.9 Å². The highest BCUT2D eigenvalue weighted by Crippen LogP contribution is 2.39. The molecule has 0 N–H and O–H groups in total. The van der Waals surface area contributed by atoms with Crippen LogP contribution in [0.25, 0.3) is 0 Å². The number of carbonyl (C=O) groups is 1. The lowest BCUT2D eigenvalue weighted by Gasteiger charge is -2.33. The van der Waals surface area contributed by atoms with Gasteiger partial charge in [-0.1, -0.05) is 24.9 Å². The van der Waals surface area contributed by atoms with Gasteiger partial charge in [-0.15, -0.1) is 0 Å². The lowest BCUT2D eigenvalue weighted by molar-refractivity contribution is -0.178. The standard InChI is InChI=1S/C15H18ClNO4/c1-5-6-9-13(16)12-11(14(19)17(9)2)10(18)7-8-15(12,20-3)21-4/h7-8H,5-6H2,1-4H3. The zero-order valence-electron chi connectivity index (χ0n) is 12.5. The Morgan fingerprint density at radius 1 is 1.29 bits per heavy atom. The summed E-state index contributed by atoms with van der Waals surface area (Å²) in [7, 11) is 4.51. The maximum Gasteiger partial charge on any atom is 0.262 e. The smallest absolute Gasteiger partial charge is 0.262 e. The Morgan fingerprint density at radius 2 is 1.90 bits per heavy atom. The minimum Gasteiger partial charge on any atom is -0.346 e. The lowest BCUT2D eigenvalue weighted by atomic mass is 9.90. The zero-order chi connectivity index (χ0) is 15.8. The summed E-state index contributed by atoms with van der Waals surface area (Å²) in [6.45, 7) is 1.99. The van der Waals surface area contributed by atoms with E-state index in [-0.39, 0.29) is 16.9 Å². The molecule has 1 aliphatic carbocycles. The molecule has 1 aliphatic rings. The van der Waals surface area contributed by atoms with Crippen molar-refractivity contribution >= 4 is 17.4 Å². The second-order valence-electron chi connectivity index (χ2n) is 4.90. The van der Waals surface area contributed by atoms with Crippen LogP contribution in [0.5, 0.6) is 0 Å². The molecule has 5 nitrogen and oxygen atoms in total. The Kier molecular flexibility index (Phi) is 4.37. The van der Waals surface area contributed by atoms with Gasteiger partial charge >= 0.3 is 0 Å². The van der Waals surface area contributed by atoms with Crippen molar-refractivity contribution < 1.29 is 14.3 Å². The van der Waals surface area contributed by atoms with Gasteiger partial charge in [0.25, 0.3) is 5.56 Å². The zero-order valence-corrected chi connectivity index (χ0v) is 13.3. The van der Waals surface area contributed by atoms with E-state index < -0.39 is 5.79 Å². The van der Waals surface area contributed by atoms with Crippen LogP contribution >= 0.6 is 11.6 Å². The van der Waals surface area contributed by atoms with Gasteiger partial charge in [-0.3, -0.25) is 9.59 Å². The van der Waals surface area contributed by atoms with Crippen molar-refractivity contribution in [3.05, 3.63) is 44.3 Å². The minimum atomic E-state index is -1.31. The normalized spacial score (nSPS) is 16.1. The number of ether oxygens (including phenoxy) is 2. The van der Waals surface area contributed by atoms with Crippen LogP contribution in [0.1, 0.15) is 35.0 Å². The molecular weight excluding hydrogens is 294 g/mol. The van der Waals surface area contributed by atoms with E-state index in [0.29, 0.717) is 22.7 Å². The van der Waals surface area contributed by atoms with Crippen LogP contribution in [0.3, 0.4) is 0 Å². The molecule has 1 aromatic rings. The summed E-state index contributed by atoms with van der Waals surface area (Å²) >= 11 is 6.48. The number of pyridine rings is 1. The Hall–Kier alpha value is -1.43. The minimum absolute atomic E-state index is 0.00792. The molecule has 0 spiro atoms. The summed E-state index contributed by atoms with van der Waals surface area (Å²) in [6, 6.07) is 0. The molecule has 0 unspecified atom stereocenters. The van der Waals surface area contributed by atoms with Crippen LogP contribution in [-0.2, 0) is 28.7 Å². The van der Waals surface area contributed by atoms with Crippen molar-refractivity contribution in [3.63, 3.8) is 0 Å². The second-order valence-corrected chi connectivity index (χ2v) is 5.28.